The minimum Gasteiger partial charge on any atom is -0.460 e. The van der Waals surface area contributed by atoms with Gasteiger partial charge in [0.2, 0.25) is 0 Å². The molecule has 1 N–H and O–H groups in total. The fourth-order valence-electron chi connectivity index (χ4n) is 3.47. The van der Waals surface area contributed by atoms with E-state index in [4.69, 9.17) is 9.47 Å². The summed E-state index contributed by atoms with van der Waals surface area (Å²) in [5, 5.41) is 2.89. The van der Waals surface area contributed by atoms with Crippen molar-refractivity contribution in [2.75, 3.05) is 19.0 Å². The van der Waals surface area contributed by atoms with Gasteiger partial charge >= 0.3 is 12.1 Å². The lowest BCUT2D eigenvalue weighted by atomic mass is 9.97. The quantitative estimate of drug-likeness (QED) is 0.706. The van der Waals surface area contributed by atoms with Crippen molar-refractivity contribution in [1.29, 1.82) is 0 Å². The first kappa shape index (κ1) is 22.6. The van der Waals surface area contributed by atoms with E-state index in [-0.39, 0.29) is 18.1 Å². The monoisotopic (exact) mass is 425 g/mol. The van der Waals surface area contributed by atoms with Gasteiger partial charge in [-0.15, -0.1) is 0 Å². The lowest BCUT2D eigenvalue weighted by molar-refractivity contribution is -0.142. The first-order valence-electron chi connectivity index (χ1n) is 10.5. The molecule has 0 bridgehead atoms. The number of aromatic nitrogens is 1. The molecule has 1 aliphatic rings. The number of anilines is 1. The highest BCUT2D eigenvalue weighted by Gasteiger charge is 2.33. The van der Waals surface area contributed by atoms with Crippen LogP contribution in [0.4, 0.5) is 10.6 Å². The smallest absolute Gasteiger partial charge is 0.408 e. The van der Waals surface area contributed by atoms with Crippen molar-refractivity contribution in [3.05, 3.63) is 48.2 Å². The molecular formula is C24H31N3O4. The zero-order valence-electron chi connectivity index (χ0n) is 18.8. The average molecular weight is 426 g/mol. The average Bonchev–Trinajstić information content (AvgIpc) is 3.13. The van der Waals surface area contributed by atoms with Gasteiger partial charge in [-0.25, -0.2) is 9.78 Å². The molecule has 1 aromatic heterocycles. The SMILES string of the molecule is CN(C)c1ccc(-c2ccc(C[C@H](NC(=O)OC(C)(C)C)[C@@H]3CCC(=O)O3)cc2)cn1. The Hall–Kier alpha value is -3.09. The number of hydrogen-bond donors (Lipinski definition) is 1. The molecule has 0 spiro atoms. The maximum atomic E-state index is 12.3. The van der Waals surface area contributed by atoms with E-state index in [0.29, 0.717) is 19.3 Å². The van der Waals surface area contributed by atoms with Gasteiger partial charge in [0.05, 0.1) is 6.04 Å². The largest absolute Gasteiger partial charge is 0.460 e. The number of carbonyl (C=O) groups excluding carboxylic acids is 2. The molecule has 0 saturated carbocycles. The normalized spacial score (nSPS) is 17.1. The molecule has 1 saturated heterocycles. The van der Waals surface area contributed by atoms with Crippen molar-refractivity contribution in [2.24, 2.45) is 0 Å². The van der Waals surface area contributed by atoms with Gasteiger partial charge in [0.25, 0.3) is 0 Å². The Morgan fingerprint density at radius 3 is 2.39 bits per heavy atom. The molecular weight excluding hydrogens is 394 g/mol. The summed E-state index contributed by atoms with van der Waals surface area (Å²) in [6.45, 7) is 5.45. The van der Waals surface area contributed by atoms with Crippen molar-refractivity contribution in [1.82, 2.24) is 10.3 Å². The third-order valence-corrected chi connectivity index (χ3v) is 5.02. The van der Waals surface area contributed by atoms with Gasteiger partial charge in [-0.3, -0.25) is 4.79 Å². The first-order chi connectivity index (χ1) is 14.6. The summed E-state index contributed by atoms with van der Waals surface area (Å²) in [5.74, 6) is 0.674. The van der Waals surface area contributed by atoms with Crippen LogP contribution in [0.1, 0.15) is 39.2 Å². The molecule has 1 amide bonds. The maximum absolute atomic E-state index is 12.3. The van der Waals surface area contributed by atoms with Crippen LogP contribution in [-0.4, -0.2) is 48.9 Å². The van der Waals surface area contributed by atoms with Crippen LogP contribution in [0.25, 0.3) is 11.1 Å². The zero-order chi connectivity index (χ0) is 22.6. The van der Waals surface area contributed by atoms with Gasteiger partial charge in [0, 0.05) is 32.3 Å². The molecule has 2 atom stereocenters. The lowest BCUT2D eigenvalue weighted by Gasteiger charge is -2.26. The van der Waals surface area contributed by atoms with Crippen molar-refractivity contribution in [3.8, 4) is 11.1 Å². The number of amides is 1. The van der Waals surface area contributed by atoms with Crippen LogP contribution in [0.3, 0.4) is 0 Å². The molecule has 7 nitrogen and oxygen atoms in total. The van der Waals surface area contributed by atoms with Crippen LogP contribution in [0.2, 0.25) is 0 Å². The van der Waals surface area contributed by atoms with E-state index in [2.05, 4.69) is 10.3 Å². The van der Waals surface area contributed by atoms with E-state index in [1.807, 2.05) is 82.4 Å². The number of esters is 1. The third-order valence-electron chi connectivity index (χ3n) is 5.02. The Morgan fingerprint density at radius 2 is 1.87 bits per heavy atom. The number of carbonyl (C=O) groups is 2. The molecule has 7 heteroatoms. The number of hydrogen-bond acceptors (Lipinski definition) is 6. The molecule has 0 aliphatic carbocycles. The van der Waals surface area contributed by atoms with Crippen LogP contribution in [0.5, 0.6) is 0 Å². The van der Waals surface area contributed by atoms with Crippen LogP contribution in [-0.2, 0) is 20.7 Å². The Morgan fingerprint density at radius 1 is 1.19 bits per heavy atom. The number of nitrogens with one attached hydrogen (secondary N) is 1. The molecule has 0 radical (unpaired) electrons. The topological polar surface area (TPSA) is 80.8 Å². The van der Waals surface area contributed by atoms with Gasteiger partial charge < -0.3 is 19.7 Å². The molecule has 166 valence electrons. The Kier molecular flexibility index (Phi) is 6.83. The highest BCUT2D eigenvalue weighted by molar-refractivity contribution is 5.72. The second-order valence-corrected chi connectivity index (χ2v) is 9.02. The van der Waals surface area contributed by atoms with E-state index >= 15 is 0 Å². The Balaban J connectivity index is 1.71. The minimum atomic E-state index is -0.598. The predicted octanol–water partition coefficient (Wildman–Crippen LogP) is 3.96. The predicted molar refractivity (Wildman–Crippen MR) is 120 cm³/mol. The zero-order valence-corrected chi connectivity index (χ0v) is 18.8. The lowest BCUT2D eigenvalue weighted by Crippen LogP contribution is -2.46. The molecule has 3 rings (SSSR count). The highest BCUT2D eigenvalue weighted by Crippen LogP contribution is 2.24. The fraction of sp³-hybridized carbons (Fsp3) is 0.458. The maximum Gasteiger partial charge on any atom is 0.408 e. The molecule has 0 unspecified atom stereocenters. The molecule has 31 heavy (non-hydrogen) atoms. The van der Waals surface area contributed by atoms with Crippen molar-refractivity contribution >= 4 is 17.9 Å². The molecule has 1 aliphatic heterocycles. The fourth-order valence-corrected chi connectivity index (χ4v) is 3.47. The number of cyclic esters (lactones) is 1. The van der Waals surface area contributed by atoms with E-state index in [0.717, 1.165) is 22.5 Å². The van der Waals surface area contributed by atoms with Crippen LogP contribution in [0.15, 0.2) is 42.6 Å². The van der Waals surface area contributed by atoms with E-state index in [1.54, 1.807) is 0 Å². The van der Waals surface area contributed by atoms with Gasteiger partial charge in [-0.05, 0) is 56.9 Å². The molecule has 2 aromatic rings. The number of ether oxygens (including phenoxy) is 2. The number of alkyl carbamates (subject to hydrolysis) is 1. The second kappa shape index (κ2) is 9.37. The van der Waals surface area contributed by atoms with E-state index < -0.39 is 11.7 Å². The van der Waals surface area contributed by atoms with Crippen LogP contribution >= 0.6 is 0 Å². The first-order valence-corrected chi connectivity index (χ1v) is 10.5. The number of nitrogens with zero attached hydrogens (tertiary/aromatic N) is 2. The summed E-state index contributed by atoms with van der Waals surface area (Å²) in [4.78, 5) is 30.4. The van der Waals surface area contributed by atoms with Crippen molar-refractivity contribution in [3.63, 3.8) is 0 Å². The van der Waals surface area contributed by atoms with E-state index in [1.165, 1.54) is 0 Å². The van der Waals surface area contributed by atoms with Crippen LogP contribution in [0, 0.1) is 0 Å². The van der Waals surface area contributed by atoms with Gasteiger partial charge in [-0.2, -0.15) is 0 Å². The Labute approximate surface area is 183 Å². The van der Waals surface area contributed by atoms with Crippen molar-refractivity contribution < 1.29 is 19.1 Å². The van der Waals surface area contributed by atoms with Crippen molar-refractivity contribution in [2.45, 2.75) is 57.8 Å². The van der Waals surface area contributed by atoms with Crippen LogP contribution < -0.4 is 10.2 Å². The van der Waals surface area contributed by atoms with Gasteiger partial charge in [0.1, 0.15) is 17.5 Å². The number of pyridine rings is 1. The second-order valence-electron chi connectivity index (χ2n) is 9.02. The summed E-state index contributed by atoms with van der Waals surface area (Å²) in [5.41, 5.74) is 2.53. The highest BCUT2D eigenvalue weighted by atomic mass is 16.6. The van der Waals surface area contributed by atoms with Gasteiger partial charge in [0.15, 0.2) is 0 Å². The van der Waals surface area contributed by atoms with E-state index in [9.17, 15) is 9.59 Å². The molecule has 1 aromatic carbocycles. The number of rotatable bonds is 6. The summed E-state index contributed by atoms with van der Waals surface area (Å²) < 4.78 is 10.8. The summed E-state index contributed by atoms with van der Waals surface area (Å²) in [6.07, 6.45) is 2.48. The third kappa shape index (κ3) is 6.44. The Bertz CT molecular complexity index is 902. The van der Waals surface area contributed by atoms with Gasteiger partial charge in [-0.1, -0.05) is 24.3 Å². The molecule has 2 heterocycles. The summed E-state index contributed by atoms with van der Waals surface area (Å²) in [6, 6.07) is 11.8. The summed E-state index contributed by atoms with van der Waals surface area (Å²) >= 11 is 0. The number of benzene rings is 1. The summed E-state index contributed by atoms with van der Waals surface area (Å²) in [7, 11) is 3.92. The minimum absolute atomic E-state index is 0.231. The standard InChI is InChI=1S/C24H31N3O4/c1-24(2,3)31-23(29)26-19(20-11-13-22(28)30-20)14-16-6-8-17(9-7-16)18-10-12-21(25-15-18)27(4)5/h6-10,12,15,19-20H,11,13-14H2,1-5H3,(H,26,29)/t19-,20-/m0/s1. The molecule has 1 fully saturated rings.